The van der Waals surface area contributed by atoms with Crippen LogP contribution in [0, 0.1) is 10.1 Å². The maximum absolute atomic E-state index is 11.9. The van der Waals surface area contributed by atoms with Crippen molar-refractivity contribution >= 4 is 62.5 Å². The lowest BCUT2D eigenvalue weighted by Gasteiger charge is -2.02. The van der Waals surface area contributed by atoms with Gasteiger partial charge in [0.1, 0.15) is 0 Å². The van der Waals surface area contributed by atoms with E-state index in [1.165, 1.54) is 29.5 Å². The Morgan fingerprint density at radius 3 is 2.83 bits per heavy atom. The molecule has 9 heteroatoms. The second-order valence-corrected chi connectivity index (χ2v) is 6.69. The molecule has 116 valence electrons. The summed E-state index contributed by atoms with van der Waals surface area (Å²) in [6.45, 7) is 0. The molecule has 2 aromatic rings. The average molecular weight is 414 g/mol. The highest BCUT2D eigenvalue weighted by molar-refractivity contribution is 9.10. The number of cyclic esters (lactones) is 1. The lowest BCUT2D eigenvalue weighted by molar-refractivity contribution is -0.384. The Kier molecular flexibility index (Phi) is 4.29. The lowest BCUT2D eigenvalue weighted by atomic mass is 10.2. The highest BCUT2D eigenvalue weighted by Crippen LogP contribution is 2.28. The van der Waals surface area contributed by atoms with Crippen LogP contribution in [0.15, 0.2) is 44.8 Å². The van der Waals surface area contributed by atoms with Crippen molar-refractivity contribution in [1.29, 1.82) is 0 Å². The summed E-state index contributed by atoms with van der Waals surface area (Å²) in [7, 11) is 0. The van der Waals surface area contributed by atoms with Crippen LogP contribution < -0.4 is 0 Å². The van der Waals surface area contributed by atoms with Gasteiger partial charge < -0.3 is 4.74 Å². The molecule has 0 spiro atoms. The zero-order valence-corrected chi connectivity index (χ0v) is 14.3. The van der Waals surface area contributed by atoms with Crippen LogP contribution in [0.3, 0.4) is 0 Å². The molecule has 23 heavy (non-hydrogen) atoms. The number of rotatable bonds is 3. The summed E-state index contributed by atoms with van der Waals surface area (Å²) in [4.78, 5) is 27.1. The van der Waals surface area contributed by atoms with E-state index in [-0.39, 0.29) is 27.9 Å². The van der Waals surface area contributed by atoms with Crippen molar-refractivity contribution in [3.63, 3.8) is 0 Å². The van der Waals surface area contributed by atoms with E-state index in [1.54, 1.807) is 6.08 Å². The minimum absolute atomic E-state index is 0.0504. The largest absolute Gasteiger partial charge is 0.402 e. The highest BCUT2D eigenvalue weighted by Gasteiger charge is 2.27. The SMILES string of the molecule is O=C1OC(c2cc([N+](=O)[O-])ccc2Cl)=N/C1=C/c1cc(Br)cs1. The summed E-state index contributed by atoms with van der Waals surface area (Å²) in [5.74, 6) is -0.683. The molecule has 0 radical (unpaired) electrons. The van der Waals surface area contributed by atoms with Gasteiger partial charge in [-0.25, -0.2) is 9.79 Å². The molecule has 0 saturated carbocycles. The first-order chi connectivity index (χ1) is 10.9. The van der Waals surface area contributed by atoms with E-state index in [2.05, 4.69) is 20.9 Å². The second-order valence-electron chi connectivity index (χ2n) is 4.42. The summed E-state index contributed by atoms with van der Waals surface area (Å²) in [5, 5.41) is 12.9. The molecule has 1 aromatic carbocycles. The van der Waals surface area contributed by atoms with E-state index in [0.29, 0.717) is 0 Å². The summed E-state index contributed by atoms with van der Waals surface area (Å²) < 4.78 is 5.98. The van der Waals surface area contributed by atoms with Crippen LogP contribution in [-0.4, -0.2) is 16.8 Å². The van der Waals surface area contributed by atoms with Gasteiger partial charge in [-0.1, -0.05) is 11.6 Å². The fourth-order valence-electron chi connectivity index (χ4n) is 1.85. The van der Waals surface area contributed by atoms with Gasteiger partial charge in [-0.05, 0) is 34.1 Å². The number of non-ortho nitro benzene ring substituents is 1. The Bertz CT molecular complexity index is 891. The number of nitro benzene ring substituents is 1. The predicted octanol–water partition coefficient (Wildman–Crippen LogP) is 4.42. The molecular weight excluding hydrogens is 408 g/mol. The number of benzene rings is 1. The van der Waals surface area contributed by atoms with Crippen LogP contribution >= 0.6 is 38.9 Å². The third-order valence-corrected chi connectivity index (χ3v) is 4.85. The van der Waals surface area contributed by atoms with E-state index >= 15 is 0 Å². The summed E-state index contributed by atoms with van der Waals surface area (Å²) in [6.07, 6.45) is 1.58. The van der Waals surface area contributed by atoms with Crippen LogP contribution in [0.5, 0.6) is 0 Å². The summed E-state index contributed by atoms with van der Waals surface area (Å²) >= 11 is 10.8. The number of nitrogens with zero attached hydrogens (tertiary/aromatic N) is 2. The number of aliphatic imine (C=N–C) groups is 1. The summed E-state index contributed by atoms with van der Waals surface area (Å²) in [5.41, 5.74) is 0.143. The van der Waals surface area contributed by atoms with Gasteiger partial charge in [-0.2, -0.15) is 0 Å². The van der Waals surface area contributed by atoms with Crippen molar-refractivity contribution in [3.8, 4) is 0 Å². The summed E-state index contributed by atoms with van der Waals surface area (Å²) in [6, 6.07) is 5.68. The smallest absolute Gasteiger partial charge is 0.363 e. The topological polar surface area (TPSA) is 81.8 Å². The normalized spacial score (nSPS) is 15.7. The number of hydrogen-bond acceptors (Lipinski definition) is 6. The molecule has 0 fully saturated rings. The molecule has 0 N–H and O–H groups in total. The van der Waals surface area contributed by atoms with Crippen molar-refractivity contribution in [2.75, 3.05) is 0 Å². The van der Waals surface area contributed by atoms with E-state index in [4.69, 9.17) is 16.3 Å². The number of nitro groups is 1. The van der Waals surface area contributed by atoms with Crippen molar-refractivity contribution in [2.24, 2.45) is 4.99 Å². The van der Waals surface area contributed by atoms with Crippen LogP contribution in [-0.2, 0) is 9.53 Å². The van der Waals surface area contributed by atoms with Gasteiger partial charge in [-0.3, -0.25) is 10.1 Å². The number of thiophene rings is 1. The molecule has 0 bridgehead atoms. The molecule has 6 nitrogen and oxygen atoms in total. The Balaban J connectivity index is 2.00. The monoisotopic (exact) mass is 412 g/mol. The maximum Gasteiger partial charge on any atom is 0.363 e. The van der Waals surface area contributed by atoms with Gasteiger partial charge in [0.15, 0.2) is 5.70 Å². The average Bonchev–Trinajstić information content (AvgIpc) is 3.06. The van der Waals surface area contributed by atoms with Crippen molar-refractivity contribution in [1.82, 2.24) is 0 Å². The van der Waals surface area contributed by atoms with Gasteiger partial charge in [-0.15, -0.1) is 11.3 Å². The molecule has 0 saturated heterocycles. The van der Waals surface area contributed by atoms with Crippen molar-refractivity contribution in [3.05, 3.63) is 65.4 Å². The Morgan fingerprint density at radius 1 is 1.39 bits per heavy atom. The molecule has 1 aliphatic heterocycles. The number of carbonyl (C=O) groups is 1. The number of ether oxygens (including phenoxy) is 1. The standard InChI is InChI=1S/C14H6BrClN2O4S/c15-7-3-9(23-6-7)5-12-14(19)22-13(17-12)10-4-8(18(20)21)1-2-11(10)16/h1-6H/b12-5+. The fraction of sp³-hybridized carbons (Fsp3) is 0. The van der Waals surface area contributed by atoms with E-state index < -0.39 is 10.9 Å². The number of esters is 1. The second kappa shape index (κ2) is 6.23. The minimum Gasteiger partial charge on any atom is -0.402 e. The third kappa shape index (κ3) is 3.34. The molecule has 0 aliphatic carbocycles. The predicted molar refractivity (Wildman–Crippen MR) is 90.7 cm³/mol. The number of halogens is 2. The van der Waals surface area contributed by atoms with E-state index in [9.17, 15) is 14.9 Å². The first-order valence-corrected chi connectivity index (χ1v) is 8.20. The third-order valence-electron chi connectivity index (χ3n) is 2.88. The van der Waals surface area contributed by atoms with Crippen molar-refractivity contribution < 1.29 is 14.5 Å². The zero-order valence-electron chi connectivity index (χ0n) is 11.2. The Labute approximate surface area is 147 Å². The highest BCUT2D eigenvalue weighted by atomic mass is 79.9. The molecule has 0 unspecified atom stereocenters. The molecule has 0 atom stereocenters. The zero-order chi connectivity index (χ0) is 16.6. The van der Waals surface area contributed by atoms with Gasteiger partial charge in [0, 0.05) is 26.9 Å². The van der Waals surface area contributed by atoms with Gasteiger partial charge >= 0.3 is 5.97 Å². The Hall–Kier alpha value is -2.03. The van der Waals surface area contributed by atoms with Crippen LogP contribution in [0.4, 0.5) is 5.69 Å². The number of carbonyl (C=O) groups excluding carboxylic acids is 1. The molecule has 0 amide bonds. The van der Waals surface area contributed by atoms with Crippen LogP contribution in [0.2, 0.25) is 5.02 Å². The van der Waals surface area contributed by atoms with E-state index in [1.807, 2.05) is 11.4 Å². The maximum atomic E-state index is 11.9. The fourth-order valence-corrected chi connectivity index (χ4v) is 3.42. The molecular formula is C14H6BrClN2O4S. The van der Waals surface area contributed by atoms with E-state index in [0.717, 1.165) is 9.35 Å². The molecule has 1 aliphatic rings. The molecule has 3 rings (SSSR count). The quantitative estimate of drug-likeness (QED) is 0.323. The van der Waals surface area contributed by atoms with Crippen molar-refractivity contribution in [2.45, 2.75) is 0 Å². The first-order valence-electron chi connectivity index (χ1n) is 6.15. The lowest BCUT2D eigenvalue weighted by Crippen LogP contribution is -2.06. The molecule has 2 heterocycles. The van der Waals surface area contributed by atoms with Gasteiger partial charge in [0.2, 0.25) is 5.90 Å². The molecule has 1 aromatic heterocycles. The van der Waals surface area contributed by atoms with Gasteiger partial charge in [0.05, 0.1) is 15.5 Å². The van der Waals surface area contributed by atoms with Crippen LogP contribution in [0.25, 0.3) is 6.08 Å². The first kappa shape index (κ1) is 15.9. The van der Waals surface area contributed by atoms with Crippen LogP contribution in [0.1, 0.15) is 10.4 Å². The minimum atomic E-state index is -0.632. The van der Waals surface area contributed by atoms with Gasteiger partial charge in [0.25, 0.3) is 5.69 Å². The number of hydrogen-bond donors (Lipinski definition) is 0. The Morgan fingerprint density at radius 2 is 2.17 bits per heavy atom.